The van der Waals surface area contributed by atoms with Crippen LogP contribution in [0.1, 0.15) is 15.9 Å². The third-order valence-corrected chi connectivity index (χ3v) is 3.67. The van der Waals surface area contributed by atoms with Gasteiger partial charge in [-0.1, -0.05) is 0 Å². The summed E-state index contributed by atoms with van der Waals surface area (Å²) in [6.45, 7) is 0.376. The summed E-state index contributed by atoms with van der Waals surface area (Å²) in [7, 11) is 1.64. The van der Waals surface area contributed by atoms with Crippen molar-refractivity contribution in [2.75, 3.05) is 7.05 Å². The SMILES string of the molecule is CN(Cc1cn[nH]c1)C(=O)c1cnc2sccn2c1=O. The highest BCUT2D eigenvalue weighted by atomic mass is 32.1. The second kappa shape index (κ2) is 4.89. The van der Waals surface area contributed by atoms with E-state index in [1.807, 2.05) is 0 Å². The van der Waals surface area contributed by atoms with Gasteiger partial charge in [0.2, 0.25) is 0 Å². The van der Waals surface area contributed by atoms with E-state index in [4.69, 9.17) is 0 Å². The number of amides is 1. The Kier molecular flexibility index (Phi) is 3.07. The molecular weight excluding hydrogens is 278 g/mol. The molecule has 8 heteroatoms. The van der Waals surface area contributed by atoms with Gasteiger partial charge in [-0.2, -0.15) is 5.10 Å². The van der Waals surface area contributed by atoms with Crippen LogP contribution in [0.4, 0.5) is 0 Å². The highest BCUT2D eigenvalue weighted by molar-refractivity contribution is 7.15. The van der Waals surface area contributed by atoms with Gasteiger partial charge in [0, 0.05) is 43.1 Å². The van der Waals surface area contributed by atoms with Crippen molar-refractivity contribution >= 4 is 22.2 Å². The first-order chi connectivity index (χ1) is 9.66. The molecule has 0 radical (unpaired) electrons. The van der Waals surface area contributed by atoms with Crippen LogP contribution in [0, 0.1) is 0 Å². The zero-order chi connectivity index (χ0) is 14.1. The van der Waals surface area contributed by atoms with Gasteiger partial charge in [-0.15, -0.1) is 11.3 Å². The van der Waals surface area contributed by atoms with Crippen molar-refractivity contribution in [2.45, 2.75) is 6.54 Å². The summed E-state index contributed by atoms with van der Waals surface area (Å²) in [4.78, 5) is 30.7. The molecule has 1 N–H and O–H groups in total. The van der Waals surface area contributed by atoms with Crippen LogP contribution in [-0.4, -0.2) is 37.4 Å². The van der Waals surface area contributed by atoms with E-state index < -0.39 is 0 Å². The van der Waals surface area contributed by atoms with Gasteiger partial charge in [0.1, 0.15) is 5.56 Å². The number of fused-ring (bicyclic) bond motifs is 1. The lowest BCUT2D eigenvalue weighted by molar-refractivity contribution is 0.0783. The second-order valence-electron chi connectivity index (χ2n) is 4.30. The van der Waals surface area contributed by atoms with E-state index in [9.17, 15) is 9.59 Å². The maximum Gasteiger partial charge on any atom is 0.271 e. The summed E-state index contributed by atoms with van der Waals surface area (Å²) < 4.78 is 1.38. The van der Waals surface area contributed by atoms with Crippen molar-refractivity contribution in [3.63, 3.8) is 0 Å². The van der Waals surface area contributed by atoms with Crippen LogP contribution in [0.25, 0.3) is 4.96 Å². The Hall–Kier alpha value is -2.48. The number of thiazole rings is 1. The molecule has 0 saturated carbocycles. The molecule has 3 aromatic heterocycles. The van der Waals surface area contributed by atoms with Crippen LogP contribution in [0.5, 0.6) is 0 Å². The Morgan fingerprint density at radius 1 is 1.50 bits per heavy atom. The molecule has 0 aliphatic heterocycles. The first-order valence-electron chi connectivity index (χ1n) is 5.85. The van der Waals surface area contributed by atoms with Gasteiger partial charge in [0.05, 0.1) is 6.20 Å². The number of carbonyl (C=O) groups excluding carboxylic acids is 1. The van der Waals surface area contributed by atoms with Crippen molar-refractivity contribution in [2.24, 2.45) is 0 Å². The fourth-order valence-corrected chi connectivity index (χ4v) is 2.56. The molecule has 0 saturated heterocycles. The van der Waals surface area contributed by atoms with E-state index in [2.05, 4.69) is 15.2 Å². The molecule has 0 aromatic carbocycles. The molecule has 0 aliphatic rings. The molecule has 3 heterocycles. The topological polar surface area (TPSA) is 83.4 Å². The van der Waals surface area contributed by atoms with Crippen molar-refractivity contribution in [1.82, 2.24) is 24.5 Å². The van der Waals surface area contributed by atoms with Crippen LogP contribution < -0.4 is 5.56 Å². The van der Waals surface area contributed by atoms with Crippen LogP contribution in [0.3, 0.4) is 0 Å². The average Bonchev–Trinajstić information content (AvgIpc) is 3.09. The number of aromatic amines is 1. The molecule has 7 nitrogen and oxygen atoms in total. The number of rotatable bonds is 3. The van der Waals surface area contributed by atoms with Gasteiger partial charge in [0.25, 0.3) is 11.5 Å². The zero-order valence-corrected chi connectivity index (χ0v) is 11.4. The third-order valence-electron chi connectivity index (χ3n) is 2.89. The summed E-state index contributed by atoms with van der Waals surface area (Å²) in [5.41, 5.74) is 0.581. The van der Waals surface area contributed by atoms with Crippen molar-refractivity contribution in [3.05, 3.63) is 51.6 Å². The van der Waals surface area contributed by atoms with Crippen LogP contribution in [0.2, 0.25) is 0 Å². The van der Waals surface area contributed by atoms with Gasteiger partial charge in [-0.3, -0.25) is 19.1 Å². The summed E-state index contributed by atoms with van der Waals surface area (Å²) in [5, 5.41) is 8.26. The number of hydrogen-bond donors (Lipinski definition) is 1. The van der Waals surface area contributed by atoms with Crippen molar-refractivity contribution in [1.29, 1.82) is 0 Å². The Morgan fingerprint density at radius 3 is 3.10 bits per heavy atom. The van der Waals surface area contributed by atoms with Crippen LogP contribution in [-0.2, 0) is 6.54 Å². The fourth-order valence-electron chi connectivity index (χ4n) is 1.89. The molecule has 3 rings (SSSR count). The minimum Gasteiger partial charge on any atom is -0.337 e. The fraction of sp³-hybridized carbons (Fsp3) is 0.167. The number of nitrogens with one attached hydrogen (secondary N) is 1. The smallest absolute Gasteiger partial charge is 0.271 e. The summed E-state index contributed by atoms with van der Waals surface area (Å²) in [5.74, 6) is -0.357. The van der Waals surface area contributed by atoms with E-state index in [0.29, 0.717) is 11.5 Å². The second-order valence-corrected chi connectivity index (χ2v) is 5.17. The molecule has 0 spiro atoms. The molecule has 20 heavy (non-hydrogen) atoms. The van der Waals surface area contributed by atoms with Gasteiger partial charge in [-0.25, -0.2) is 4.98 Å². The molecule has 1 amide bonds. The van der Waals surface area contributed by atoms with E-state index in [1.54, 1.807) is 31.0 Å². The monoisotopic (exact) mass is 289 g/mol. The number of carbonyl (C=O) groups is 1. The minimum atomic E-state index is -0.357. The Morgan fingerprint density at radius 2 is 2.35 bits per heavy atom. The highest BCUT2D eigenvalue weighted by Crippen LogP contribution is 2.08. The predicted molar refractivity (Wildman–Crippen MR) is 73.7 cm³/mol. The van der Waals surface area contributed by atoms with Gasteiger partial charge >= 0.3 is 0 Å². The average molecular weight is 289 g/mol. The summed E-state index contributed by atoms with van der Waals surface area (Å²) >= 11 is 1.35. The lowest BCUT2D eigenvalue weighted by Gasteiger charge is -2.15. The van der Waals surface area contributed by atoms with Gasteiger partial charge in [0.15, 0.2) is 4.96 Å². The molecule has 0 fully saturated rings. The Labute approximate surface area is 117 Å². The Bertz CT molecular complexity index is 805. The van der Waals surface area contributed by atoms with Gasteiger partial charge in [-0.05, 0) is 0 Å². The van der Waals surface area contributed by atoms with Crippen LogP contribution in [0.15, 0.2) is 35.0 Å². The quantitative estimate of drug-likeness (QED) is 0.771. The molecular formula is C12H11N5O2S. The van der Waals surface area contributed by atoms with E-state index in [0.717, 1.165) is 5.56 Å². The third kappa shape index (κ3) is 2.10. The Balaban J connectivity index is 1.92. The molecule has 0 atom stereocenters. The number of nitrogens with zero attached hydrogens (tertiary/aromatic N) is 4. The summed E-state index contributed by atoms with van der Waals surface area (Å²) in [6.07, 6.45) is 6.29. The maximum atomic E-state index is 12.3. The molecule has 0 bridgehead atoms. The van der Waals surface area contributed by atoms with E-state index in [-0.39, 0.29) is 17.0 Å². The maximum absolute atomic E-state index is 12.3. The zero-order valence-electron chi connectivity index (χ0n) is 10.6. The number of aromatic nitrogens is 4. The van der Waals surface area contributed by atoms with E-state index in [1.165, 1.54) is 26.8 Å². The van der Waals surface area contributed by atoms with Crippen molar-refractivity contribution in [3.8, 4) is 0 Å². The lowest BCUT2D eigenvalue weighted by Crippen LogP contribution is -2.32. The molecule has 0 unspecified atom stereocenters. The van der Waals surface area contributed by atoms with Crippen molar-refractivity contribution < 1.29 is 4.79 Å². The predicted octanol–water partition coefficient (Wildman–Crippen LogP) is 0.751. The normalized spacial score (nSPS) is 10.8. The number of hydrogen-bond acceptors (Lipinski definition) is 5. The van der Waals surface area contributed by atoms with Gasteiger partial charge < -0.3 is 4.90 Å². The lowest BCUT2D eigenvalue weighted by atomic mass is 10.2. The molecule has 3 aromatic rings. The standard InChI is InChI=1S/C12H11N5O2S/c1-16(7-8-4-14-15-5-8)10(18)9-6-13-12-17(11(9)19)2-3-20-12/h2-6H,7H2,1H3,(H,14,15). The van der Waals surface area contributed by atoms with E-state index >= 15 is 0 Å². The molecule has 0 aliphatic carbocycles. The first-order valence-corrected chi connectivity index (χ1v) is 6.73. The minimum absolute atomic E-state index is 0.0619. The number of H-pyrrole nitrogens is 1. The molecule has 102 valence electrons. The highest BCUT2D eigenvalue weighted by Gasteiger charge is 2.18. The largest absolute Gasteiger partial charge is 0.337 e. The summed E-state index contributed by atoms with van der Waals surface area (Å²) in [6, 6.07) is 0. The van der Waals surface area contributed by atoms with Crippen LogP contribution >= 0.6 is 11.3 Å². The first kappa shape index (κ1) is 12.5.